The number of hydrogen-bond acceptors (Lipinski definition) is 1. The van der Waals surface area contributed by atoms with E-state index >= 15 is 0 Å². The van der Waals surface area contributed by atoms with Gasteiger partial charge in [0, 0.05) is 17.3 Å². The summed E-state index contributed by atoms with van der Waals surface area (Å²) in [6.07, 6.45) is 9.09. The molecule has 1 aliphatic carbocycles. The van der Waals surface area contributed by atoms with E-state index in [2.05, 4.69) is 169 Å². The Kier molecular flexibility index (Phi) is 5.39. The molecule has 1 nitrogen and oxygen atoms in total. The first-order valence-electron chi connectivity index (χ1n) is 15.1. The van der Waals surface area contributed by atoms with Crippen molar-refractivity contribution >= 4 is 43.7 Å². The zero-order valence-electron chi connectivity index (χ0n) is 23.7. The van der Waals surface area contributed by atoms with Gasteiger partial charge in [-0.2, -0.15) is 0 Å². The van der Waals surface area contributed by atoms with E-state index in [4.69, 9.17) is 0 Å². The Labute approximate surface area is 251 Å². The fourth-order valence-electron chi connectivity index (χ4n) is 7.35. The van der Waals surface area contributed by atoms with Crippen LogP contribution in [0.1, 0.15) is 11.5 Å². The standard InChI is InChI=1S/C42H29N/c1-2-10-28(11-3-1)29-18-22-32(23-19-29)43-41-17-9-8-16-38(41)39-25-21-31(27-42(39)43)30-20-24-37-35-14-5-4-12-33(35)34-13-6-7-15-36(34)40(37)26-30/h1-27,38,41H. The second-order valence-corrected chi connectivity index (χ2v) is 11.7. The predicted molar refractivity (Wildman–Crippen MR) is 183 cm³/mol. The Morgan fingerprint density at radius 1 is 0.395 bits per heavy atom. The number of benzene rings is 7. The number of rotatable bonds is 3. The lowest BCUT2D eigenvalue weighted by molar-refractivity contribution is 0.745. The molecule has 0 saturated heterocycles. The molecule has 0 radical (unpaired) electrons. The molecule has 1 aliphatic heterocycles. The van der Waals surface area contributed by atoms with Crippen LogP contribution in [-0.4, -0.2) is 6.04 Å². The zero-order chi connectivity index (χ0) is 28.3. The number of allylic oxidation sites excluding steroid dienone is 2. The molecular weight excluding hydrogens is 518 g/mol. The van der Waals surface area contributed by atoms with Gasteiger partial charge in [0.05, 0.1) is 6.04 Å². The maximum Gasteiger partial charge on any atom is 0.0629 e. The van der Waals surface area contributed by atoms with E-state index in [0.717, 1.165) is 0 Å². The van der Waals surface area contributed by atoms with Gasteiger partial charge in [0.1, 0.15) is 0 Å². The molecule has 0 aromatic heterocycles. The van der Waals surface area contributed by atoms with Gasteiger partial charge in [-0.3, -0.25) is 0 Å². The van der Waals surface area contributed by atoms with Crippen molar-refractivity contribution in [3.63, 3.8) is 0 Å². The minimum atomic E-state index is 0.268. The maximum absolute atomic E-state index is 2.53. The molecular formula is C42H29N. The van der Waals surface area contributed by atoms with E-state index in [1.165, 1.54) is 71.5 Å². The highest BCUT2D eigenvalue weighted by atomic mass is 15.2. The maximum atomic E-state index is 2.53. The van der Waals surface area contributed by atoms with Crippen molar-refractivity contribution in [1.29, 1.82) is 0 Å². The van der Waals surface area contributed by atoms with Crippen molar-refractivity contribution in [1.82, 2.24) is 0 Å². The van der Waals surface area contributed by atoms with Gasteiger partial charge in [-0.1, -0.05) is 140 Å². The van der Waals surface area contributed by atoms with Crippen LogP contribution < -0.4 is 4.90 Å². The normalized spacial score (nSPS) is 17.1. The van der Waals surface area contributed by atoms with Crippen molar-refractivity contribution in [2.75, 3.05) is 4.90 Å². The van der Waals surface area contributed by atoms with Gasteiger partial charge in [0.25, 0.3) is 0 Å². The second-order valence-electron chi connectivity index (χ2n) is 11.7. The van der Waals surface area contributed by atoms with E-state index in [9.17, 15) is 0 Å². The molecule has 7 aromatic carbocycles. The molecule has 7 aromatic rings. The summed E-state index contributed by atoms with van der Waals surface area (Å²) in [5, 5.41) is 7.85. The largest absolute Gasteiger partial charge is 0.333 e. The van der Waals surface area contributed by atoms with Gasteiger partial charge < -0.3 is 4.90 Å². The van der Waals surface area contributed by atoms with Crippen LogP contribution in [0.15, 0.2) is 164 Å². The van der Waals surface area contributed by atoms with E-state index in [1.807, 2.05) is 0 Å². The highest BCUT2D eigenvalue weighted by molar-refractivity contribution is 6.25. The minimum absolute atomic E-state index is 0.268. The first-order valence-corrected chi connectivity index (χ1v) is 15.1. The summed E-state index contributed by atoms with van der Waals surface area (Å²) in [4.78, 5) is 2.53. The Morgan fingerprint density at radius 2 is 0.930 bits per heavy atom. The van der Waals surface area contributed by atoms with Gasteiger partial charge in [0.15, 0.2) is 0 Å². The molecule has 1 heteroatoms. The fourth-order valence-corrected chi connectivity index (χ4v) is 7.35. The first-order chi connectivity index (χ1) is 21.3. The number of hydrogen-bond donors (Lipinski definition) is 0. The zero-order valence-corrected chi connectivity index (χ0v) is 23.7. The summed E-state index contributed by atoms with van der Waals surface area (Å²) in [6.45, 7) is 0. The number of fused-ring (bicyclic) bond motifs is 9. The van der Waals surface area contributed by atoms with Crippen LogP contribution in [0.4, 0.5) is 11.4 Å². The van der Waals surface area contributed by atoms with E-state index in [0.29, 0.717) is 5.92 Å². The Balaban J connectivity index is 1.19. The van der Waals surface area contributed by atoms with Gasteiger partial charge in [-0.05, 0) is 84.4 Å². The molecule has 0 amide bonds. The van der Waals surface area contributed by atoms with E-state index in [1.54, 1.807) is 0 Å². The third-order valence-electron chi connectivity index (χ3n) is 9.38. The first kappa shape index (κ1) is 24.2. The van der Waals surface area contributed by atoms with Crippen LogP contribution in [0.3, 0.4) is 0 Å². The quantitative estimate of drug-likeness (QED) is 0.199. The molecule has 0 spiro atoms. The monoisotopic (exact) mass is 547 g/mol. The van der Waals surface area contributed by atoms with Gasteiger partial charge >= 0.3 is 0 Å². The average molecular weight is 548 g/mol. The summed E-state index contributed by atoms with van der Waals surface area (Å²) in [6, 6.07) is 51.6. The molecule has 2 atom stereocenters. The van der Waals surface area contributed by atoms with Crippen LogP contribution >= 0.6 is 0 Å². The third-order valence-corrected chi connectivity index (χ3v) is 9.38. The van der Waals surface area contributed by atoms with Crippen LogP contribution in [0, 0.1) is 0 Å². The van der Waals surface area contributed by atoms with Crippen molar-refractivity contribution in [2.24, 2.45) is 0 Å². The van der Waals surface area contributed by atoms with Crippen LogP contribution in [-0.2, 0) is 0 Å². The molecule has 0 fully saturated rings. The summed E-state index contributed by atoms with van der Waals surface area (Å²) in [5.41, 5.74) is 8.88. The molecule has 0 bridgehead atoms. The topological polar surface area (TPSA) is 3.24 Å². The number of nitrogens with zero attached hydrogens (tertiary/aromatic N) is 1. The summed E-state index contributed by atoms with van der Waals surface area (Å²) < 4.78 is 0. The summed E-state index contributed by atoms with van der Waals surface area (Å²) in [7, 11) is 0. The molecule has 2 unspecified atom stereocenters. The lowest BCUT2D eigenvalue weighted by Gasteiger charge is -2.29. The smallest absolute Gasteiger partial charge is 0.0629 e. The average Bonchev–Trinajstić information content (AvgIpc) is 3.42. The van der Waals surface area contributed by atoms with Gasteiger partial charge in [-0.15, -0.1) is 0 Å². The molecule has 1 heterocycles. The van der Waals surface area contributed by atoms with Gasteiger partial charge in [0.2, 0.25) is 0 Å². The van der Waals surface area contributed by atoms with Crippen molar-refractivity contribution in [3.05, 3.63) is 169 Å². The third kappa shape index (κ3) is 3.78. The Hall–Kier alpha value is -5.40. The van der Waals surface area contributed by atoms with Crippen LogP contribution in [0.5, 0.6) is 0 Å². The molecule has 43 heavy (non-hydrogen) atoms. The molecule has 0 N–H and O–H groups in total. The fraction of sp³-hybridized carbons (Fsp3) is 0.0476. The highest BCUT2D eigenvalue weighted by Gasteiger charge is 2.37. The predicted octanol–water partition coefficient (Wildman–Crippen LogP) is 11.2. The summed E-state index contributed by atoms with van der Waals surface area (Å²) in [5.74, 6) is 0.342. The lowest BCUT2D eigenvalue weighted by Crippen LogP contribution is -2.28. The van der Waals surface area contributed by atoms with Crippen molar-refractivity contribution in [2.45, 2.75) is 12.0 Å². The SMILES string of the molecule is C1=CC2c3ccc(-c4ccc5c6ccccc6c6ccccc6c5c4)cc3N(c3ccc(-c4ccccc4)cc3)C2C=C1. The molecule has 2 aliphatic rings. The van der Waals surface area contributed by atoms with Crippen molar-refractivity contribution in [3.8, 4) is 22.3 Å². The molecule has 202 valence electrons. The second kappa shape index (κ2) is 9.58. The highest BCUT2D eigenvalue weighted by Crippen LogP contribution is 2.49. The van der Waals surface area contributed by atoms with Gasteiger partial charge in [-0.25, -0.2) is 0 Å². The lowest BCUT2D eigenvalue weighted by atomic mass is 9.89. The van der Waals surface area contributed by atoms with E-state index < -0.39 is 0 Å². The van der Waals surface area contributed by atoms with Crippen LogP contribution in [0.25, 0.3) is 54.6 Å². The summed E-state index contributed by atoms with van der Waals surface area (Å²) >= 11 is 0. The molecule has 0 saturated carbocycles. The Morgan fingerprint density at radius 3 is 1.65 bits per heavy atom. The Bertz CT molecular complexity index is 2200. The number of anilines is 2. The van der Waals surface area contributed by atoms with Crippen LogP contribution in [0.2, 0.25) is 0 Å². The molecule has 9 rings (SSSR count). The van der Waals surface area contributed by atoms with E-state index in [-0.39, 0.29) is 6.04 Å². The van der Waals surface area contributed by atoms with Crippen molar-refractivity contribution < 1.29 is 0 Å². The minimum Gasteiger partial charge on any atom is -0.333 e.